The van der Waals surface area contributed by atoms with Gasteiger partial charge in [-0.15, -0.1) is 0 Å². The summed E-state index contributed by atoms with van der Waals surface area (Å²) in [5, 5.41) is 9.28. The van der Waals surface area contributed by atoms with Crippen molar-refractivity contribution in [1.82, 2.24) is 0 Å². The van der Waals surface area contributed by atoms with Crippen molar-refractivity contribution in [1.29, 1.82) is 5.26 Å². The number of aryl methyl sites for hydroxylation is 1. The van der Waals surface area contributed by atoms with Crippen LogP contribution in [0.25, 0.3) is 0 Å². The van der Waals surface area contributed by atoms with Crippen LogP contribution < -0.4 is 4.74 Å². The molecule has 0 amide bonds. The van der Waals surface area contributed by atoms with Gasteiger partial charge in [0.25, 0.3) is 0 Å². The van der Waals surface area contributed by atoms with Gasteiger partial charge in [-0.3, -0.25) is 0 Å². The Kier molecular flexibility index (Phi) is 4.25. The van der Waals surface area contributed by atoms with Gasteiger partial charge in [-0.25, -0.2) is 0 Å². The lowest BCUT2D eigenvalue weighted by Crippen LogP contribution is -2.11. The van der Waals surface area contributed by atoms with Gasteiger partial charge in [0.2, 0.25) is 0 Å². The van der Waals surface area contributed by atoms with E-state index in [0.29, 0.717) is 16.3 Å². The second-order valence-corrected chi connectivity index (χ2v) is 6.50. The lowest BCUT2D eigenvalue weighted by molar-refractivity contribution is 0.477. The van der Waals surface area contributed by atoms with E-state index in [2.05, 4.69) is 39.0 Å². The molecule has 0 aromatic heterocycles. The predicted molar refractivity (Wildman–Crippen MR) is 86.1 cm³/mol. The molecule has 0 saturated carbocycles. The van der Waals surface area contributed by atoms with Crippen LogP contribution in [0.2, 0.25) is 5.02 Å². The van der Waals surface area contributed by atoms with Gasteiger partial charge in [-0.1, -0.05) is 44.5 Å². The average molecular weight is 300 g/mol. The highest BCUT2D eigenvalue weighted by Gasteiger charge is 2.15. The van der Waals surface area contributed by atoms with Crippen molar-refractivity contribution >= 4 is 11.6 Å². The van der Waals surface area contributed by atoms with Gasteiger partial charge in [0.05, 0.1) is 16.7 Å². The molecule has 0 N–H and O–H groups in total. The van der Waals surface area contributed by atoms with E-state index in [1.54, 1.807) is 18.2 Å². The molecule has 0 spiro atoms. The van der Waals surface area contributed by atoms with Crippen molar-refractivity contribution in [3.8, 4) is 17.6 Å². The van der Waals surface area contributed by atoms with Crippen molar-refractivity contribution < 1.29 is 4.74 Å². The maximum Gasteiger partial charge on any atom is 0.146 e. The molecule has 2 aromatic rings. The quantitative estimate of drug-likeness (QED) is 0.722. The van der Waals surface area contributed by atoms with E-state index in [4.69, 9.17) is 21.6 Å². The normalized spacial score (nSPS) is 11.0. The molecule has 2 rings (SSSR count). The van der Waals surface area contributed by atoms with E-state index in [1.807, 2.05) is 13.0 Å². The standard InChI is InChI=1S/C18H18ClNO/c1-12-9-14(18(2,3)4)6-8-16(12)21-17-7-5-13(11-20)10-15(17)19/h5-10H,1-4H3. The number of hydrogen-bond donors (Lipinski definition) is 0. The molecule has 0 aliphatic rings. The molecule has 0 aliphatic heterocycles. The minimum atomic E-state index is 0.107. The third-order valence-electron chi connectivity index (χ3n) is 3.32. The maximum absolute atomic E-state index is 8.84. The van der Waals surface area contributed by atoms with Crippen molar-refractivity contribution in [3.05, 3.63) is 58.1 Å². The van der Waals surface area contributed by atoms with Crippen LogP contribution in [-0.4, -0.2) is 0 Å². The first-order chi connectivity index (χ1) is 9.81. The third-order valence-corrected chi connectivity index (χ3v) is 3.62. The Morgan fingerprint density at radius 1 is 1.05 bits per heavy atom. The van der Waals surface area contributed by atoms with E-state index in [9.17, 15) is 0 Å². The summed E-state index contributed by atoms with van der Waals surface area (Å²) in [6.45, 7) is 8.56. The molecule has 0 saturated heterocycles. The van der Waals surface area contributed by atoms with E-state index in [0.717, 1.165) is 11.3 Å². The highest BCUT2D eigenvalue weighted by molar-refractivity contribution is 6.32. The Bertz CT molecular complexity index is 708. The van der Waals surface area contributed by atoms with Gasteiger partial charge >= 0.3 is 0 Å². The van der Waals surface area contributed by atoms with Crippen LogP contribution in [0.5, 0.6) is 11.5 Å². The zero-order valence-corrected chi connectivity index (χ0v) is 13.5. The van der Waals surface area contributed by atoms with Crippen molar-refractivity contribution in [2.75, 3.05) is 0 Å². The lowest BCUT2D eigenvalue weighted by Gasteiger charge is -2.20. The van der Waals surface area contributed by atoms with E-state index < -0.39 is 0 Å². The number of rotatable bonds is 2. The van der Waals surface area contributed by atoms with Gasteiger partial charge in [0.1, 0.15) is 11.5 Å². The van der Waals surface area contributed by atoms with Crippen LogP contribution in [0.1, 0.15) is 37.5 Å². The molecule has 21 heavy (non-hydrogen) atoms. The number of halogens is 1. The van der Waals surface area contributed by atoms with Gasteiger partial charge in [0, 0.05) is 0 Å². The fourth-order valence-electron chi connectivity index (χ4n) is 2.00. The molecule has 0 atom stereocenters. The minimum absolute atomic E-state index is 0.107. The molecule has 108 valence electrons. The Labute approximate surface area is 130 Å². The number of ether oxygens (including phenoxy) is 1. The molecular formula is C18H18ClNO. The molecule has 0 unspecified atom stereocenters. The lowest BCUT2D eigenvalue weighted by atomic mass is 9.86. The number of nitrogens with zero attached hydrogens (tertiary/aromatic N) is 1. The average Bonchev–Trinajstić information content (AvgIpc) is 2.41. The van der Waals surface area contributed by atoms with Crippen molar-refractivity contribution in [2.45, 2.75) is 33.1 Å². The van der Waals surface area contributed by atoms with Gasteiger partial charge in [-0.05, 0) is 47.7 Å². The number of nitriles is 1. The van der Waals surface area contributed by atoms with Crippen LogP contribution in [0.3, 0.4) is 0 Å². The SMILES string of the molecule is Cc1cc(C(C)(C)C)ccc1Oc1ccc(C#N)cc1Cl. The Hall–Kier alpha value is -1.98. The summed E-state index contributed by atoms with van der Waals surface area (Å²) in [7, 11) is 0. The maximum atomic E-state index is 8.84. The summed E-state index contributed by atoms with van der Waals surface area (Å²) in [5.74, 6) is 1.33. The van der Waals surface area contributed by atoms with Gasteiger partial charge in [0.15, 0.2) is 0 Å². The van der Waals surface area contributed by atoms with Crippen molar-refractivity contribution in [2.24, 2.45) is 0 Å². The van der Waals surface area contributed by atoms with E-state index in [1.165, 1.54) is 5.56 Å². The van der Waals surface area contributed by atoms with Crippen LogP contribution in [-0.2, 0) is 5.41 Å². The summed E-state index contributed by atoms with van der Waals surface area (Å²) in [5.41, 5.74) is 2.95. The summed E-state index contributed by atoms with van der Waals surface area (Å²) in [6.07, 6.45) is 0. The number of hydrogen-bond acceptors (Lipinski definition) is 2. The predicted octanol–water partition coefficient (Wildman–Crippen LogP) is 5.61. The Morgan fingerprint density at radius 2 is 1.71 bits per heavy atom. The first kappa shape index (κ1) is 15.4. The van der Waals surface area contributed by atoms with Crippen LogP contribution in [0, 0.1) is 18.3 Å². The Morgan fingerprint density at radius 3 is 2.24 bits per heavy atom. The summed E-state index contributed by atoms with van der Waals surface area (Å²) in [6, 6.07) is 13.2. The first-order valence-corrected chi connectivity index (χ1v) is 7.17. The number of benzene rings is 2. The molecule has 0 heterocycles. The summed E-state index contributed by atoms with van der Waals surface area (Å²) >= 11 is 6.14. The van der Waals surface area contributed by atoms with Crippen LogP contribution >= 0.6 is 11.6 Å². The van der Waals surface area contributed by atoms with Gasteiger partial charge < -0.3 is 4.74 Å². The molecule has 2 aromatic carbocycles. The molecule has 3 heteroatoms. The molecule has 0 aliphatic carbocycles. The molecule has 2 nitrogen and oxygen atoms in total. The second-order valence-electron chi connectivity index (χ2n) is 6.09. The molecular weight excluding hydrogens is 282 g/mol. The van der Waals surface area contributed by atoms with E-state index >= 15 is 0 Å². The first-order valence-electron chi connectivity index (χ1n) is 6.80. The van der Waals surface area contributed by atoms with Crippen molar-refractivity contribution in [3.63, 3.8) is 0 Å². The zero-order valence-electron chi connectivity index (χ0n) is 12.7. The van der Waals surface area contributed by atoms with Crippen LogP contribution in [0.4, 0.5) is 0 Å². The van der Waals surface area contributed by atoms with Gasteiger partial charge in [-0.2, -0.15) is 5.26 Å². The smallest absolute Gasteiger partial charge is 0.146 e. The summed E-state index contributed by atoms with van der Waals surface area (Å²) < 4.78 is 5.87. The monoisotopic (exact) mass is 299 g/mol. The minimum Gasteiger partial charge on any atom is -0.456 e. The van der Waals surface area contributed by atoms with E-state index in [-0.39, 0.29) is 5.41 Å². The fraction of sp³-hybridized carbons (Fsp3) is 0.278. The highest BCUT2D eigenvalue weighted by atomic mass is 35.5. The largest absolute Gasteiger partial charge is 0.456 e. The Balaban J connectivity index is 2.31. The molecule has 0 radical (unpaired) electrons. The van der Waals surface area contributed by atoms with Crippen LogP contribution in [0.15, 0.2) is 36.4 Å². The second kappa shape index (κ2) is 5.79. The topological polar surface area (TPSA) is 33.0 Å². The highest BCUT2D eigenvalue weighted by Crippen LogP contribution is 2.33. The zero-order chi connectivity index (χ0) is 15.6. The fourth-order valence-corrected chi connectivity index (χ4v) is 2.22. The molecule has 0 bridgehead atoms. The third kappa shape index (κ3) is 3.56. The molecule has 0 fully saturated rings. The summed E-state index contributed by atoms with van der Waals surface area (Å²) in [4.78, 5) is 0.